The number of nitrogens with zero attached hydrogens (tertiary/aromatic N) is 3. The Labute approximate surface area is 136 Å². The van der Waals surface area contributed by atoms with Gasteiger partial charge in [0.25, 0.3) is 0 Å². The summed E-state index contributed by atoms with van der Waals surface area (Å²) in [6.07, 6.45) is 0.950. The molecule has 0 bridgehead atoms. The minimum Gasteiger partial charge on any atom is -0.368 e. The van der Waals surface area contributed by atoms with Crippen LogP contribution in [0.2, 0.25) is 5.02 Å². The molecule has 6 heteroatoms. The van der Waals surface area contributed by atoms with Gasteiger partial charge in [0.1, 0.15) is 6.07 Å². The summed E-state index contributed by atoms with van der Waals surface area (Å²) < 4.78 is 0. The Morgan fingerprint density at radius 3 is 2.73 bits per heavy atom. The number of rotatable bonds is 5. The molecule has 1 aromatic carbocycles. The minimum atomic E-state index is 0.0794. The second-order valence-corrected chi connectivity index (χ2v) is 5.77. The molecule has 0 saturated carbocycles. The van der Waals surface area contributed by atoms with Crippen molar-refractivity contribution in [2.24, 2.45) is 0 Å². The molecule has 118 valence electrons. The number of halogens is 1. The zero-order valence-electron chi connectivity index (χ0n) is 12.8. The van der Waals surface area contributed by atoms with Gasteiger partial charge in [-0.15, -0.1) is 0 Å². The van der Waals surface area contributed by atoms with E-state index in [9.17, 15) is 10.1 Å². The van der Waals surface area contributed by atoms with Crippen molar-refractivity contribution in [3.8, 4) is 6.07 Å². The molecular weight excluding hydrogens is 300 g/mol. The summed E-state index contributed by atoms with van der Waals surface area (Å²) in [5.41, 5.74) is 1.41. The molecule has 1 aliphatic rings. The first-order valence-electron chi connectivity index (χ1n) is 7.58. The van der Waals surface area contributed by atoms with Crippen LogP contribution in [0, 0.1) is 11.3 Å². The lowest BCUT2D eigenvalue weighted by Gasteiger charge is -2.36. The molecule has 5 nitrogen and oxygen atoms in total. The van der Waals surface area contributed by atoms with Gasteiger partial charge in [0.05, 0.1) is 22.8 Å². The summed E-state index contributed by atoms with van der Waals surface area (Å²) in [7, 11) is 0. The van der Waals surface area contributed by atoms with Crippen LogP contribution in [0.25, 0.3) is 0 Å². The van der Waals surface area contributed by atoms with Crippen LogP contribution in [0.3, 0.4) is 0 Å². The molecule has 1 N–H and O–H groups in total. The van der Waals surface area contributed by atoms with E-state index in [4.69, 9.17) is 11.6 Å². The summed E-state index contributed by atoms with van der Waals surface area (Å²) >= 11 is 6.08. The Kier molecular flexibility index (Phi) is 6.05. The maximum Gasteiger partial charge on any atom is 0.234 e. The van der Waals surface area contributed by atoms with Crippen molar-refractivity contribution >= 4 is 23.2 Å². The summed E-state index contributed by atoms with van der Waals surface area (Å²) in [5.74, 6) is 0.0794. The maximum absolute atomic E-state index is 11.7. The van der Waals surface area contributed by atoms with E-state index in [1.165, 1.54) is 0 Å². The second kappa shape index (κ2) is 8.02. The summed E-state index contributed by atoms with van der Waals surface area (Å²) in [6, 6.07) is 7.70. The standard InChI is InChI=1S/C16H21ClN4O/c1-2-6-19-16(22)12-20-7-9-21(10-8-20)15-5-3-4-14(17)13(15)11-18/h3-5H,2,6-10,12H2,1H3,(H,19,22). The van der Waals surface area contributed by atoms with E-state index < -0.39 is 0 Å². The van der Waals surface area contributed by atoms with Crippen molar-refractivity contribution in [2.45, 2.75) is 13.3 Å². The predicted molar refractivity (Wildman–Crippen MR) is 88.1 cm³/mol. The molecule has 22 heavy (non-hydrogen) atoms. The number of nitriles is 1. The van der Waals surface area contributed by atoms with Crippen molar-refractivity contribution in [1.29, 1.82) is 5.26 Å². The molecule has 1 amide bonds. The molecule has 0 aromatic heterocycles. The quantitative estimate of drug-likeness (QED) is 0.899. The fourth-order valence-electron chi connectivity index (χ4n) is 2.56. The Morgan fingerprint density at radius 2 is 2.09 bits per heavy atom. The number of hydrogen-bond acceptors (Lipinski definition) is 4. The number of piperazine rings is 1. The molecule has 0 atom stereocenters. The third-order valence-corrected chi connectivity index (χ3v) is 4.07. The van der Waals surface area contributed by atoms with E-state index in [0.29, 0.717) is 17.1 Å². The zero-order valence-corrected chi connectivity index (χ0v) is 13.6. The van der Waals surface area contributed by atoms with E-state index in [-0.39, 0.29) is 5.91 Å². The number of benzene rings is 1. The van der Waals surface area contributed by atoms with Crippen LogP contribution in [0.4, 0.5) is 5.69 Å². The Hall–Kier alpha value is -1.77. The highest BCUT2D eigenvalue weighted by Crippen LogP contribution is 2.27. The number of carbonyl (C=O) groups is 1. The van der Waals surface area contributed by atoms with Gasteiger partial charge in [-0.05, 0) is 18.6 Å². The smallest absolute Gasteiger partial charge is 0.234 e. The topological polar surface area (TPSA) is 59.4 Å². The van der Waals surface area contributed by atoms with Crippen molar-refractivity contribution in [2.75, 3.05) is 44.2 Å². The number of carbonyl (C=O) groups excluding carboxylic acids is 1. The summed E-state index contributed by atoms with van der Waals surface area (Å²) in [6.45, 7) is 6.39. The van der Waals surface area contributed by atoms with Gasteiger partial charge in [0.2, 0.25) is 5.91 Å². The first kappa shape index (κ1) is 16.6. The summed E-state index contributed by atoms with van der Waals surface area (Å²) in [5, 5.41) is 12.6. The first-order chi connectivity index (χ1) is 10.7. The largest absolute Gasteiger partial charge is 0.368 e. The van der Waals surface area contributed by atoms with Crippen molar-refractivity contribution in [3.05, 3.63) is 28.8 Å². The number of amides is 1. The highest BCUT2D eigenvalue weighted by atomic mass is 35.5. The SMILES string of the molecule is CCCNC(=O)CN1CCN(c2cccc(Cl)c2C#N)CC1. The third-order valence-electron chi connectivity index (χ3n) is 3.76. The lowest BCUT2D eigenvalue weighted by Crippen LogP contribution is -2.49. The second-order valence-electron chi connectivity index (χ2n) is 5.36. The van der Waals surface area contributed by atoms with E-state index >= 15 is 0 Å². The van der Waals surface area contributed by atoms with Gasteiger partial charge in [-0.1, -0.05) is 24.6 Å². The van der Waals surface area contributed by atoms with Gasteiger partial charge in [-0.3, -0.25) is 9.69 Å². The molecule has 2 rings (SSSR count). The Balaban J connectivity index is 1.92. The fraction of sp³-hybridized carbons (Fsp3) is 0.500. The van der Waals surface area contributed by atoms with Crippen LogP contribution in [0.1, 0.15) is 18.9 Å². The van der Waals surface area contributed by atoms with E-state index in [1.54, 1.807) is 6.07 Å². The normalized spacial score (nSPS) is 15.4. The molecule has 0 radical (unpaired) electrons. The van der Waals surface area contributed by atoms with Crippen molar-refractivity contribution < 1.29 is 4.79 Å². The Morgan fingerprint density at radius 1 is 1.36 bits per heavy atom. The van der Waals surface area contributed by atoms with E-state index in [2.05, 4.69) is 21.2 Å². The van der Waals surface area contributed by atoms with Gasteiger partial charge in [-0.2, -0.15) is 5.26 Å². The van der Waals surface area contributed by atoms with Gasteiger partial charge in [-0.25, -0.2) is 0 Å². The molecule has 1 heterocycles. The lowest BCUT2D eigenvalue weighted by molar-refractivity contribution is -0.122. The van der Waals surface area contributed by atoms with E-state index in [1.807, 2.05) is 19.1 Å². The van der Waals surface area contributed by atoms with Gasteiger partial charge in [0.15, 0.2) is 0 Å². The maximum atomic E-state index is 11.7. The van der Waals surface area contributed by atoms with Crippen LogP contribution < -0.4 is 10.2 Å². The minimum absolute atomic E-state index is 0.0794. The molecule has 0 unspecified atom stereocenters. The third kappa shape index (κ3) is 4.12. The van der Waals surface area contributed by atoms with Crippen LogP contribution in [-0.4, -0.2) is 50.1 Å². The molecular formula is C16H21ClN4O. The fourth-order valence-corrected chi connectivity index (χ4v) is 2.77. The number of hydrogen-bond donors (Lipinski definition) is 1. The van der Waals surface area contributed by atoms with Crippen molar-refractivity contribution in [3.63, 3.8) is 0 Å². The molecule has 0 spiro atoms. The predicted octanol–water partition coefficient (Wildman–Crippen LogP) is 1.86. The average Bonchev–Trinajstić information content (AvgIpc) is 2.53. The average molecular weight is 321 g/mol. The molecule has 0 aliphatic carbocycles. The monoisotopic (exact) mass is 320 g/mol. The van der Waals surface area contributed by atoms with Gasteiger partial charge >= 0.3 is 0 Å². The van der Waals surface area contributed by atoms with E-state index in [0.717, 1.165) is 44.8 Å². The van der Waals surface area contributed by atoms with Crippen molar-refractivity contribution in [1.82, 2.24) is 10.2 Å². The molecule has 1 aliphatic heterocycles. The lowest BCUT2D eigenvalue weighted by atomic mass is 10.1. The Bertz CT molecular complexity index is 562. The van der Waals surface area contributed by atoms with Crippen LogP contribution in [0.15, 0.2) is 18.2 Å². The molecule has 1 fully saturated rings. The number of nitrogens with one attached hydrogen (secondary N) is 1. The van der Waals surface area contributed by atoms with Gasteiger partial charge < -0.3 is 10.2 Å². The molecule has 1 saturated heterocycles. The number of anilines is 1. The summed E-state index contributed by atoms with van der Waals surface area (Å²) in [4.78, 5) is 16.0. The highest BCUT2D eigenvalue weighted by molar-refractivity contribution is 6.32. The zero-order chi connectivity index (χ0) is 15.9. The van der Waals surface area contributed by atoms with Crippen LogP contribution >= 0.6 is 11.6 Å². The van der Waals surface area contributed by atoms with Crippen LogP contribution in [-0.2, 0) is 4.79 Å². The first-order valence-corrected chi connectivity index (χ1v) is 7.96. The highest BCUT2D eigenvalue weighted by Gasteiger charge is 2.21. The molecule has 1 aromatic rings. The van der Waals surface area contributed by atoms with Crippen LogP contribution in [0.5, 0.6) is 0 Å². The van der Waals surface area contributed by atoms with Gasteiger partial charge in [0, 0.05) is 32.7 Å².